The number of phenolic OH excluding ortho intramolecular Hbond substituents is 2. The molecule has 0 spiro atoms. The Morgan fingerprint density at radius 3 is 1.20 bits per heavy atom. The molecular formula is C33H52O2. The van der Waals surface area contributed by atoms with E-state index in [4.69, 9.17) is 0 Å². The van der Waals surface area contributed by atoms with Gasteiger partial charge in [0.15, 0.2) is 0 Å². The van der Waals surface area contributed by atoms with Gasteiger partial charge in [0.1, 0.15) is 11.5 Å². The average molecular weight is 481 g/mol. The maximum absolute atomic E-state index is 10.8. The molecule has 0 heterocycles. The van der Waals surface area contributed by atoms with Crippen LogP contribution in [0, 0.1) is 13.8 Å². The molecular weight excluding hydrogens is 428 g/mol. The van der Waals surface area contributed by atoms with Crippen LogP contribution in [0.1, 0.15) is 137 Å². The van der Waals surface area contributed by atoms with Gasteiger partial charge in [0, 0.05) is 6.42 Å². The lowest BCUT2D eigenvalue weighted by atomic mass is 9.93. The number of phenols is 2. The molecule has 0 bridgehead atoms. The molecule has 0 amide bonds. The molecule has 0 saturated carbocycles. The van der Waals surface area contributed by atoms with E-state index in [1.165, 1.54) is 101 Å². The van der Waals surface area contributed by atoms with Crippen molar-refractivity contribution < 1.29 is 10.2 Å². The standard InChI is InChI=1S/C33H52O2/c1-5-7-9-11-13-15-17-19-28-21-26(3)32(34)30(23-28)25-31-24-29(22-27(4)33(31)35)20-18-16-14-12-10-8-6-2/h21-24,34-35H,5-20,25H2,1-4H3. The summed E-state index contributed by atoms with van der Waals surface area (Å²) < 4.78 is 0. The van der Waals surface area contributed by atoms with Crippen molar-refractivity contribution in [2.75, 3.05) is 0 Å². The minimum absolute atomic E-state index is 0.378. The van der Waals surface area contributed by atoms with Gasteiger partial charge in [-0.1, -0.05) is 115 Å². The Morgan fingerprint density at radius 1 is 0.486 bits per heavy atom. The Labute approximate surface area is 216 Å². The highest BCUT2D eigenvalue weighted by Crippen LogP contribution is 2.32. The monoisotopic (exact) mass is 480 g/mol. The first-order chi connectivity index (χ1) is 17.0. The van der Waals surface area contributed by atoms with Gasteiger partial charge in [-0.25, -0.2) is 0 Å². The summed E-state index contributed by atoms with van der Waals surface area (Å²) >= 11 is 0. The van der Waals surface area contributed by atoms with Crippen LogP contribution in [0.15, 0.2) is 24.3 Å². The SMILES string of the molecule is CCCCCCCCCc1cc(C)c(O)c(Cc2cc(CCCCCCCCC)cc(C)c2O)c1. The zero-order chi connectivity index (χ0) is 25.5. The molecule has 0 aliphatic heterocycles. The van der Waals surface area contributed by atoms with E-state index < -0.39 is 0 Å². The van der Waals surface area contributed by atoms with Gasteiger partial charge < -0.3 is 10.2 Å². The van der Waals surface area contributed by atoms with Crippen molar-refractivity contribution in [3.8, 4) is 11.5 Å². The van der Waals surface area contributed by atoms with E-state index in [9.17, 15) is 10.2 Å². The average Bonchev–Trinajstić information content (AvgIpc) is 2.84. The lowest BCUT2D eigenvalue weighted by molar-refractivity contribution is 0.458. The maximum Gasteiger partial charge on any atom is 0.122 e. The summed E-state index contributed by atoms with van der Waals surface area (Å²) in [7, 11) is 0. The van der Waals surface area contributed by atoms with E-state index in [2.05, 4.69) is 38.1 Å². The first-order valence-corrected chi connectivity index (χ1v) is 14.6. The van der Waals surface area contributed by atoms with Gasteiger partial charge in [0.25, 0.3) is 0 Å². The molecule has 2 N–H and O–H groups in total. The van der Waals surface area contributed by atoms with E-state index in [1.54, 1.807) is 0 Å². The highest BCUT2D eigenvalue weighted by Gasteiger charge is 2.13. The fourth-order valence-corrected chi connectivity index (χ4v) is 5.20. The third-order valence-corrected chi connectivity index (χ3v) is 7.40. The van der Waals surface area contributed by atoms with Gasteiger partial charge in [-0.3, -0.25) is 0 Å². The molecule has 0 unspecified atom stereocenters. The molecule has 0 radical (unpaired) electrons. The van der Waals surface area contributed by atoms with Gasteiger partial charge in [-0.15, -0.1) is 0 Å². The van der Waals surface area contributed by atoms with Gasteiger partial charge in [0.05, 0.1) is 0 Å². The maximum atomic E-state index is 10.8. The molecule has 2 aromatic carbocycles. The first kappa shape index (κ1) is 29.3. The number of hydrogen-bond acceptors (Lipinski definition) is 2. The third kappa shape index (κ3) is 10.7. The van der Waals surface area contributed by atoms with Crippen LogP contribution in [0.3, 0.4) is 0 Å². The zero-order valence-electron chi connectivity index (χ0n) is 23.2. The number of aryl methyl sites for hydroxylation is 4. The van der Waals surface area contributed by atoms with Crippen molar-refractivity contribution >= 4 is 0 Å². The largest absolute Gasteiger partial charge is 0.507 e. The number of hydrogen-bond donors (Lipinski definition) is 2. The van der Waals surface area contributed by atoms with E-state index in [0.717, 1.165) is 35.1 Å². The zero-order valence-corrected chi connectivity index (χ0v) is 23.2. The van der Waals surface area contributed by atoms with Crippen LogP contribution in [-0.2, 0) is 19.3 Å². The van der Waals surface area contributed by atoms with Crippen molar-refractivity contribution in [3.63, 3.8) is 0 Å². The number of benzene rings is 2. The molecule has 2 aromatic rings. The van der Waals surface area contributed by atoms with Gasteiger partial charge in [-0.05, 0) is 72.9 Å². The quantitative estimate of drug-likeness (QED) is 0.208. The summed E-state index contributed by atoms with van der Waals surface area (Å²) in [5.41, 5.74) is 6.36. The van der Waals surface area contributed by atoms with Gasteiger partial charge in [-0.2, -0.15) is 0 Å². The van der Waals surface area contributed by atoms with Crippen molar-refractivity contribution in [3.05, 3.63) is 57.6 Å². The van der Waals surface area contributed by atoms with Crippen molar-refractivity contribution in [2.45, 2.75) is 137 Å². The van der Waals surface area contributed by atoms with Crippen molar-refractivity contribution in [1.82, 2.24) is 0 Å². The molecule has 0 aromatic heterocycles. The van der Waals surface area contributed by atoms with E-state index in [1.807, 2.05) is 13.8 Å². The molecule has 35 heavy (non-hydrogen) atoms. The highest BCUT2D eigenvalue weighted by atomic mass is 16.3. The second kappa shape index (κ2) is 16.7. The molecule has 196 valence electrons. The van der Waals surface area contributed by atoms with E-state index in [0.29, 0.717) is 17.9 Å². The number of rotatable bonds is 18. The number of aromatic hydroxyl groups is 2. The lowest BCUT2D eigenvalue weighted by Gasteiger charge is -2.15. The van der Waals surface area contributed by atoms with Crippen LogP contribution in [0.2, 0.25) is 0 Å². The molecule has 0 fully saturated rings. The Bertz CT molecular complexity index is 796. The minimum Gasteiger partial charge on any atom is -0.507 e. The Kier molecular flexibility index (Phi) is 13.9. The van der Waals surface area contributed by atoms with Crippen molar-refractivity contribution in [1.29, 1.82) is 0 Å². The number of unbranched alkanes of at least 4 members (excludes halogenated alkanes) is 12. The summed E-state index contributed by atoms with van der Waals surface area (Å²) in [5.74, 6) is 0.755. The first-order valence-electron chi connectivity index (χ1n) is 14.6. The molecule has 2 nitrogen and oxygen atoms in total. The fourth-order valence-electron chi connectivity index (χ4n) is 5.20. The van der Waals surface area contributed by atoms with Crippen molar-refractivity contribution in [2.24, 2.45) is 0 Å². The topological polar surface area (TPSA) is 40.5 Å². The molecule has 0 atom stereocenters. The predicted molar refractivity (Wildman–Crippen MR) is 152 cm³/mol. The summed E-state index contributed by atoms with van der Waals surface area (Å²) in [6, 6.07) is 8.60. The summed E-state index contributed by atoms with van der Waals surface area (Å²) in [4.78, 5) is 0. The molecule has 2 heteroatoms. The third-order valence-electron chi connectivity index (χ3n) is 7.40. The van der Waals surface area contributed by atoms with Crippen LogP contribution in [0.25, 0.3) is 0 Å². The second-order valence-electron chi connectivity index (χ2n) is 10.8. The van der Waals surface area contributed by atoms with Gasteiger partial charge in [0.2, 0.25) is 0 Å². The van der Waals surface area contributed by atoms with Crippen LogP contribution >= 0.6 is 0 Å². The molecule has 0 saturated heterocycles. The highest BCUT2D eigenvalue weighted by molar-refractivity contribution is 5.50. The molecule has 2 rings (SSSR count). The normalized spacial score (nSPS) is 11.3. The Hall–Kier alpha value is -1.96. The summed E-state index contributed by atoms with van der Waals surface area (Å²) in [5, 5.41) is 21.6. The summed E-state index contributed by atoms with van der Waals surface area (Å²) in [6.45, 7) is 8.52. The van der Waals surface area contributed by atoms with Crippen LogP contribution in [0.4, 0.5) is 0 Å². The molecule has 0 aliphatic carbocycles. The second-order valence-corrected chi connectivity index (χ2v) is 10.8. The van der Waals surface area contributed by atoms with Gasteiger partial charge >= 0.3 is 0 Å². The summed E-state index contributed by atoms with van der Waals surface area (Å²) in [6.07, 6.45) is 21.0. The Morgan fingerprint density at radius 2 is 0.829 bits per heavy atom. The van der Waals surface area contributed by atoms with E-state index in [-0.39, 0.29) is 0 Å². The van der Waals surface area contributed by atoms with Crippen LogP contribution < -0.4 is 0 Å². The van der Waals surface area contributed by atoms with Crippen LogP contribution in [0.5, 0.6) is 11.5 Å². The fraction of sp³-hybridized carbons (Fsp3) is 0.636. The smallest absolute Gasteiger partial charge is 0.122 e. The molecule has 0 aliphatic rings. The predicted octanol–water partition coefficient (Wildman–Crippen LogP) is 9.89. The lowest BCUT2D eigenvalue weighted by Crippen LogP contribution is -1.98. The Balaban J connectivity index is 1.97. The van der Waals surface area contributed by atoms with E-state index >= 15 is 0 Å². The van der Waals surface area contributed by atoms with Crippen LogP contribution in [-0.4, -0.2) is 10.2 Å². The minimum atomic E-state index is 0.378.